The van der Waals surface area contributed by atoms with Crippen LogP contribution in [-0.4, -0.2) is 28.7 Å². The van der Waals surface area contributed by atoms with Crippen LogP contribution in [0.25, 0.3) is 0 Å². The second-order valence-electron chi connectivity index (χ2n) is 4.64. The van der Waals surface area contributed by atoms with Gasteiger partial charge in [-0.2, -0.15) is 0 Å². The normalized spacial score (nSPS) is 16.6. The van der Waals surface area contributed by atoms with Gasteiger partial charge in [0.2, 0.25) is 0 Å². The molecule has 1 N–H and O–H groups in total. The number of ether oxygens (including phenoxy) is 1. The standard InChI is InChI=1S/C13H21N3O2/c1-3-16-9-14-8-11(16)12(13(17)18-4-2)15-7-10-5-6-10/h8-10,12,15H,3-7H2,1-2H3. The van der Waals surface area contributed by atoms with Gasteiger partial charge in [-0.15, -0.1) is 0 Å². The maximum absolute atomic E-state index is 12.0. The predicted molar refractivity (Wildman–Crippen MR) is 68.0 cm³/mol. The zero-order chi connectivity index (χ0) is 13.0. The number of nitrogens with one attached hydrogen (secondary N) is 1. The Morgan fingerprint density at radius 1 is 1.61 bits per heavy atom. The first-order chi connectivity index (χ1) is 8.76. The molecule has 1 aromatic rings. The highest BCUT2D eigenvalue weighted by molar-refractivity contribution is 5.77. The van der Waals surface area contributed by atoms with E-state index in [9.17, 15) is 4.79 Å². The molecule has 0 aromatic carbocycles. The molecule has 1 unspecified atom stereocenters. The number of imidazole rings is 1. The number of nitrogens with zero attached hydrogens (tertiary/aromatic N) is 2. The minimum absolute atomic E-state index is 0.214. The van der Waals surface area contributed by atoms with Crippen molar-refractivity contribution < 1.29 is 9.53 Å². The van der Waals surface area contributed by atoms with E-state index in [-0.39, 0.29) is 5.97 Å². The van der Waals surface area contributed by atoms with Crippen LogP contribution in [-0.2, 0) is 16.1 Å². The first kappa shape index (κ1) is 13.1. The van der Waals surface area contributed by atoms with Crippen molar-refractivity contribution in [1.82, 2.24) is 14.9 Å². The molecule has 5 heteroatoms. The van der Waals surface area contributed by atoms with Gasteiger partial charge in [0.15, 0.2) is 0 Å². The van der Waals surface area contributed by atoms with E-state index in [1.807, 2.05) is 18.4 Å². The molecule has 0 amide bonds. The lowest BCUT2D eigenvalue weighted by molar-refractivity contribution is -0.146. The second-order valence-corrected chi connectivity index (χ2v) is 4.64. The fourth-order valence-corrected chi connectivity index (χ4v) is 1.98. The summed E-state index contributed by atoms with van der Waals surface area (Å²) in [6.07, 6.45) is 6.01. The molecular weight excluding hydrogens is 230 g/mol. The largest absolute Gasteiger partial charge is 0.465 e. The van der Waals surface area contributed by atoms with Crippen LogP contribution in [0.15, 0.2) is 12.5 Å². The van der Waals surface area contributed by atoms with E-state index in [1.165, 1.54) is 12.8 Å². The van der Waals surface area contributed by atoms with E-state index in [1.54, 1.807) is 12.5 Å². The quantitative estimate of drug-likeness (QED) is 0.746. The number of aryl methyl sites for hydroxylation is 1. The summed E-state index contributed by atoms with van der Waals surface area (Å²) in [7, 11) is 0. The van der Waals surface area contributed by atoms with Crippen molar-refractivity contribution in [3.63, 3.8) is 0 Å². The van der Waals surface area contributed by atoms with Gasteiger partial charge in [-0.05, 0) is 39.2 Å². The Morgan fingerprint density at radius 2 is 2.39 bits per heavy atom. The van der Waals surface area contributed by atoms with Crippen LogP contribution in [0.4, 0.5) is 0 Å². The molecule has 1 fully saturated rings. The molecule has 1 saturated carbocycles. The highest BCUT2D eigenvalue weighted by Crippen LogP contribution is 2.28. The molecule has 0 spiro atoms. The minimum Gasteiger partial charge on any atom is -0.465 e. The molecule has 0 radical (unpaired) electrons. The van der Waals surface area contributed by atoms with Crippen LogP contribution in [0.5, 0.6) is 0 Å². The summed E-state index contributed by atoms with van der Waals surface area (Å²) in [6, 6.07) is -0.395. The number of esters is 1. The lowest BCUT2D eigenvalue weighted by Crippen LogP contribution is -2.33. The Labute approximate surface area is 108 Å². The van der Waals surface area contributed by atoms with Crippen LogP contribution in [0.1, 0.15) is 38.4 Å². The summed E-state index contributed by atoms with van der Waals surface area (Å²) in [5, 5.41) is 3.31. The van der Waals surface area contributed by atoms with Gasteiger partial charge in [0.1, 0.15) is 6.04 Å². The summed E-state index contributed by atoms with van der Waals surface area (Å²) in [6.45, 7) is 5.94. The van der Waals surface area contributed by atoms with Crippen molar-refractivity contribution in [2.75, 3.05) is 13.2 Å². The smallest absolute Gasteiger partial charge is 0.329 e. The monoisotopic (exact) mass is 251 g/mol. The summed E-state index contributed by atoms with van der Waals surface area (Å²) >= 11 is 0. The maximum atomic E-state index is 12.0. The Hall–Kier alpha value is -1.36. The maximum Gasteiger partial charge on any atom is 0.329 e. The molecule has 100 valence electrons. The van der Waals surface area contributed by atoms with E-state index in [0.717, 1.165) is 24.7 Å². The van der Waals surface area contributed by atoms with Crippen LogP contribution < -0.4 is 5.32 Å². The van der Waals surface area contributed by atoms with Crippen LogP contribution in [0.2, 0.25) is 0 Å². The molecule has 1 aliphatic carbocycles. The molecule has 0 bridgehead atoms. The van der Waals surface area contributed by atoms with Gasteiger partial charge in [0.05, 0.1) is 24.8 Å². The van der Waals surface area contributed by atoms with Crippen LogP contribution >= 0.6 is 0 Å². The van der Waals surface area contributed by atoms with Crippen molar-refractivity contribution in [2.45, 2.75) is 39.3 Å². The molecule has 1 aromatic heterocycles. The topological polar surface area (TPSA) is 56.1 Å². The lowest BCUT2D eigenvalue weighted by atomic mass is 10.2. The second kappa shape index (κ2) is 6.00. The number of hydrogen-bond donors (Lipinski definition) is 1. The highest BCUT2D eigenvalue weighted by atomic mass is 16.5. The molecule has 18 heavy (non-hydrogen) atoms. The Kier molecular flexibility index (Phi) is 4.36. The van der Waals surface area contributed by atoms with Crippen molar-refractivity contribution in [3.8, 4) is 0 Å². The van der Waals surface area contributed by atoms with Crippen molar-refractivity contribution >= 4 is 5.97 Å². The minimum atomic E-state index is -0.395. The van der Waals surface area contributed by atoms with Crippen LogP contribution in [0, 0.1) is 5.92 Å². The zero-order valence-corrected chi connectivity index (χ0v) is 11.1. The summed E-state index contributed by atoms with van der Waals surface area (Å²) in [4.78, 5) is 16.1. The van der Waals surface area contributed by atoms with Gasteiger partial charge in [-0.3, -0.25) is 5.32 Å². The molecule has 2 rings (SSSR count). The molecule has 1 aliphatic rings. The fraction of sp³-hybridized carbons (Fsp3) is 0.692. The molecule has 1 atom stereocenters. The summed E-state index contributed by atoms with van der Waals surface area (Å²) in [5.74, 6) is 0.508. The third-order valence-corrected chi connectivity index (χ3v) is 3.21. The van der Waals surface area contributed by atoms with Crippen LogP contribution in [0.3, 0.4) is 0 Å². The Bertz CT molecular complexity index is 399. The highest BCUT2D eigenvalue weighted by Gasteiger charge is 2.28. The number of carbonyl (C=O) groups excluding carboxylic acids is 1. The molecule has 0 aliphatic heterocycles. The first-order valence-corrected chi connectivity index (χ1v) is 6.66. The van der Waals surface area contributed by atoms with Gasteiger partial charge >= 0.3 is 5.97 Å². The summed E-state index contributed by atoms with van der Waals surface area (Å²) in [5.41, 5.74) is 0.886. The van der Waals surface area contributed by atoms with E-state index in [0.29, 0.717) is 6.61 Å². The van der Waals surface area contributed by atoms with Gasteiger partial charge in [-0.1, -0.05) is 0 Å². The molecule has 0 saturated heterocycles. The number of rotatable bonds is 7. The molecular formula is C13H21N3O2. The van der Waals surface area contributed by atoms with Gasteiger partial charge in [-0.25, -0.2) is 9.78 Å². The Balaban J connectivity index is 2.08. The third kappa shape index (κ3) is 3.10. The molecule has 5 nitrogen and oxygen atoms in total. The summed E-state index contributed by atoms with van der Waals surface area (Å²) < 4.78 is 7.11. The van der Waals surface area contributed by atoms with Gasteiger partial charge in [0, 0.05) is 6.54 Å². The average Bonchev–Trinajstić information content (AvgIpc) is 3.07. The number of carbonyl (C=O) groups is 1. The SMILES string of the molecule is CCOC(=O)C(NCC1CC1)c1cncn1CC. The van der Waals surface area contributed by atoms with E-state index in [2.05, 4.69) is 10.3 Å². The average molecular weight is 251 g/mol. The van der Waals surface area contributed by atoms with Crippen molar-refractivity contribution in [2.24, 2.45) is 5.92 Å². The predicted octanol–water partition coefficient (Wildman–Crippen LogP) is 1.51. The van der Waals surface area contributed by atoms with Crippen molar-refractivity contribution in [3.05, 3.63) is 18.2 Å². The van der Waals surface area contributed by atoms with Gasteiger partial charge < -0.3 is 9.30 Å². The zero-order valence-electron chi connectivity index (χ0n) is 11.1. The van der Waals surface area contributed by atoms with Crippen molar-refractivity contribution in [1.29, 1.82) is 0 Å². The number of hydrogen-bond acceptors (Lipinski definition) is 4. The first-order valence-electron chi connectivity index (χ1n) is 6.66. The van der Waals surface area contributed by atoms with E-state index < -0.39 is 6.04 Å². The van der Waals surface area contributed by atoms with Gasteiger partial charge in [0.25, 0.3) is 0 Å². The Morgan fingerprint density at radius 3 is 3.00 bits per heavy atom. The van der Waals surface area contributed by atoms with E-state index >= 15 is 0 Å². The third-order valence-electron chi connectivity index (χ3n) is 3.21. The molecule has 1 heterocycles. The number of aromatic nitrogens is 2. The lowest BCUT2D eigenvalue weighted by Gasteiger charge is -2.18. The van der Waals surface area contributed by atoms with E-state index in [4.69, 9.17) is 4.74 Å². The fourth-order valence-electron chi connectivity index (χ4n) is 1.98.